The number of thioether (sulfide) groups is 1. The van der Waals surface area contributed by atoms with Crippen molar-refractivity contribution < 1.29 is 19.4 Å². The lowest BCUT2D eigenvalue weighted by molar-refractivity contribution is -0.132. The summed E-state index contributed by atoms with van der Waals surface area (Å²) in [5.74, 6) is 0.735. The van der Waals surface area contributed by atoms with Gasteiger partial charge in [0.25, 0.3) is 0 Å². The molecule has 1 unspecified atom stereocenters. The highest BCUT2D eigenvalue weighted by atomic mass is 32.2. The van der Waals surface area contributed by atoms with E-state index in [1.165, 1.54) is 11.8 Å². The summed E-state index contributed by atoms with van der Waals surface area (Å²) in [5, 5.41) is 9.54. The summed E-state index contributed by atoms with van der Waals surface area (Å²) in [6.07, 6.45) is 1.23. The molecule has 0 saturated carbocycles. The van der Waals surface area contributed by atoms with Gasteiger partial charge in [0.1, 0.15) is 0 Å². The predicted molar refractivity (Wildman–Crippen MR) is 76.5 cm³/mol. The van der Waals surface area contributed by atoms with E-state index in [4.69, 9.17) is 4.74 Å². The first-order valence-electron chi connectivity index (χ1n) is 7.06. The molecule has 2 rings (SSSR count). The van der Waals surface area contributed by atoms with Crippen LogP contribution in [0.4, 0.5) is 0 Å². The number of rotatable bonds is 4. The van der Waals surface area contributed by atoms with Crippen LogP contribution < -0.4 is 0 Å². The number of carbonyl (C=O) groups is 2. The first-order valence-corrected chi connectivity index (χ1v) is 8.21. The van der Waals surface area contributed by atoms with E-state index in [0.717, 1.165) is 12.8 Å². The average molecular weight is 302 g/mol. The molecule has 2 aliphatic heterocycles. The van der Waals surface area contributed by atoms with E-state index >= 15 is 0 Å². The van der Waals surface area contributed by atoms with Crippen LogP contribution in [-0.4, -0.2) is 83.7 Å². The molecule has 2 heterocycles. The molecular weight excluding hydrogens is 280 g/mol. The highest BCUT2D eigenvalue weighted by Gasteiger charge is 2.22. The summed E-state index contributed by atoms with van der Waals surface area (Å²) in [6, 6.07) is 0. The fraction of sp³-hybridized carbons (Fsp3) is 0.846. The Labute approximate surface area is 123 Å². The Bertz CT molecular complexity index is 347. The van der Waals surface area contributed by atoms with Gasteiger partial charge in [0.2, 0.25) is 11.8 Å². The standard InChI is InChI=1S/C13H22N2O4S/c16-11-2-1-3-15(8-11)13(18)10-20-9-12(17)14-4-6-19-7-5-14/h11,16H,1-10H2. The number of amides is 2. The van der Waals surface area contributed by atoms with Crippen molar-refractivity contribution in [3.63, 3.8) is 0 Å². The van der Waals surface area contributed by atoms with Gasteiger partial charge in [0.15, 0.2) is 0 Å². The Kier molecular flexibility index (Phi) is 6.12. The van der Waals surface area contributed by atoms with Crippen molar-refractivity contribution in [2.45, 2.75) is 18.9 Å². The van der Waals surface area contributed by atoms with Crippen LogP contribution in [0.1, 0.15) is 12.8 Å². The number of hydrogen-bond donors (Lipinski definition) is 1. The van der Waals surface area contributed by atoms with Crippen LogP contribution in [0.25, 0.3) is 0 Å². The largest absolute Gasteiger partial charge is 0.391 e. The van der Waals surface area contributed by atoms with E-state index in [2.05, 4.69) is 0 Å². The first-order chi connectivity index (χ1) is 9.66. The Morgan fingerprint density at radius 2 is 1.75 bits per heavy atom. The number of β-amino-alcohol motifs (C(OH)–C–C–N with tert-alkyl or cyclic N) is 1. The van der Waals surface area contributed by atoms with E-state index in [9.17, 15) is 14.7 Å². The van der Waals surface area contributed by atoms with Gasteiger partial charge in [-0.2, -0.15) is 0 Å². The van der Waals surface area contributed by atoms with Crippen LogP contribution >= 0.6 is 11.8 Å². The highest BCUT2D eigenvalue weighted by Crippen LogP contribution is 2.12. The van der Waals surface area contributed by atoms with Crippen LogP contribution in [0.2, 0.25) is 0 Å². The summed E-state index contributed by atoms with van der Waals surface area (Å²) in [4.78, 5) is 27.3. The molecule has 2 aliphatic rings. The van der Waals surface area contributed by atoms with E-state index < -0.39 is 6.10 Å². The zero-order valence-corrected chi connectivity index (χ0v) is 12.4. The molecule has 1 N–H and O–H groups in total. The van der Waals surface area contributed by atoms with Crippen molar-refractivity contribution in [1.29, 1.82) is 0 Å². The normalized spacial score (nSPS) is 23.8. The number of piperidine rings is 1. The smallest absolute Gasteiger partial charge is 0.232 e. The molecule has 20 heavy (non-hydrogen) atoms. The molecule has 0 aromatic rings. The van der Waals surface area contributed by atoms with E-state index in [-0.39, 0.29) is 11.8 Å². The molecular formula is C13H22N2O4S. The second kappa shape index (κ2) is 7.85. The van der Waals surface area contributed by atoms with Gasteiger partial charge in [-0.05, 0) is 12.8 Å². The second-order valence-electron chi connectivity index (χ2n) is 5.12. The van der Waals surface area contributed by atoms with Gasteiger partial charge in [-0.3, -0.25) is 9.59 Å². The van der Waals surface area contributed by atoms with Crippen LogP contribution in [-0.2, 0) is 14.3 Å². The number of aliphatic hydroxyl groups is 1. The van der Waals surface area contributed by atoms with Crippen LogP contribution in [0, 0.1) is 0 Å². The third-order valence-corrected chi connectivity index (χ3v) is 4.47. The van der Waals surface area contributed by atoms with Gasteiger partial charge >= 0.3 is 0 Å². The quantitative estimate of drug-likeness (QED) is 0.762. The minimum Gasteiger partial charge on any atom is -0.391 e. The van der Waals surface area contributed by atoms with Gasteiger partial charge < -0.3 is 19.6 Å². The average Bonchev–Trinajstić information content (AvgIpc) is 2.48. The van der Waals surface area contributed by atoms with Crippen molar-refractivity contribution in [2.75, 3.05) is 50.9 Å². The van der Waals surface area contributed by atoms with Gasteiger partial charge in [0, 0.05) is 26.2 Å². The molecule has 0 bridgehead atoms. The minimum absolute atomic E-state index is 0.0172. The molecule has 1 atom stereocenters. The maximum Gasteiger partial charge on any atom is 0.232 e. The number of morpholine rings is 1. The molecule has 0 aromatic heterocycles. The molecule has 0 spiro atoms. The molecule has 2 saturated heterocycles. The maximum absolute atomic E-state index is 12.0. The fourth-order valence-electron chi connectivity index (χ4n) is 2.40. The number of aliphatic hydroxyl groups excluding tert-OH is 1. The first kappa shape index (κ1) is 15.6. The van der Waals surface area contributed by atoms with Crippen molar-refractivity contribution in [2.24, 2.45) is 0 Å². The number of nitrogens with zero attached hydrogens (tertiary/aromatic N) is 2. The summed E-state index contributed by atoms with van der Waals surface area (Å²) >= 11 is 1.35. The van der Waals surface area contributed by atoms with Gasteiger partial charge in [-0.1, -0.05) is 0 Å². The topological polar surface area (TPSA) is 70.1 Å². The highest BCUT2D eigenvalue weighted by molar-refractivity contribution is 8.00. The van der Waals surface area contributed by atoms with Crippen LogP contribution in [0.5, 0.6) is 0 Å². The van der Waals surface area contributed by atoms with Gasteiger partial charge in [-0.25, -0.2) is 0 Å². The number of hydrogen-bond acceptors (Lipinski definition) is 5. The lowest BCUT2D eigenvalue weighted by Crippen LogP contribution is -2.43. The maximum atomic E-state index is 12.0. The number of carbonyl (C=O) groups excluding carboxylic acids is 2. The Morgan fingerprint density at radius 1 is 1.10 bits per heavy atom. The number of ether oxygens (including phenoxy) is 1. The van der Waals surface area contributed by atoms with Crippen LogP contribution in [0.15, 0.2) is 0 Å². The van der Waals surface area contributed by atoms with E-state index in [1.807, 2.05) is 0 Å². The summed E-state index contributed by atoms with van der Waals surface area (Å²) in [7, 11) is 0. The molecule has 0 aliphatic carbocycles. The summed E-state index contributed by atoms with van der Waals surface area (Å²) < 4.78 is 5.20. The Morgan fingerprint density at radius 3 is 2.40 bits per heavy atom. The van der Waals surface area contributed by atoms with Crippen molar-refractivity contribution >= 4 is 23.6 Å². The van der Waals surface area contributed by atoms with Crippen LogP contribution in [0.3, 0.4) is 0 Å². The van der Waals surface area contributed by atoms with Gasteiger partial charge in [-0.15, -0.1) is 11.8 Å². The third kappa shape index (κ3) is 4.64. The molecule has 0 radical (unpaired) electrons. The number of likely N-dealkylation sites (tertiary alicyclic amines) is 1. The summed E-state index contributed by atoms with van der Waals surface area (Å²) in [6.45, 7) is 3.63. The molecule has 2 amide bonds. The second-order valence-corrected chi connectivity index (χ2v) is 6.11. The molecule has 6 nitrogen and oxygen atoms in total. The lowest BCUT2D eigenvalue weighted by atomic mass is 10.1. The molecule has 0 aromatic carbocycles. The lowest BCUT2D eigenvalue weighted by Gasteiger charge is -2.30. The van der Waals surface area contributed by atoms with Gasteiger partial charge in [0.05, 0.1) is 30.8 Å². The SMILES string of the molecule is O=C(CSCC(=O)N1CCCC(O)C1)N1CCOCC1. The minimum atomic E-state index is -0.396. The van der Waals surface area contributed by atoms with Crippen molar-refractivity contribution in [1.82, 2.24) is 9.80 Å². The molecule has 7 heteroatoms. The molecule has 2 fully saturated rings. The molecule has 114 valence electrons. The zero-order valence-electron chi connectivity index (χ0n) is 11.6. The zero-order chi connectivity index (χ0) is 14.4. The Balaban J connectivity index is 1.64. The third-order valence-electron chi connectivity index (χ3n) is 3.56. The van der Waals surface area contributed by atoms with Crippen molar-refractivity contribution in [3.8, 4) is 0 Å². The van der Waals surface area contributed by atoms with Crippen molar-refractivity contribution in [3.05, 3.63) is 0 Å². The fourth-order valence-corrected chi connectivity index (χ4v) is 3.22. The summed E-state index contributed by atoms with van der Waals surface area (Å²) in [5.41, 5.74) is 0. The van der Waals surface area contributed by atoms with E-state index in [0.29, 0.717) is 50.9 Å². The predicted octanol–water partition coefficient (Wildman–Crippen LogP) is -0.438. The monoisotopic (exact) mass is 302 g/mol. The Hall–Kier alpha value is -0.790. The van der Waals surface area contributed by atoms with E-state index in [1.54, 1.807) is 9.80 Å².